The Morgan fingerprint density at radius 1 is 0.927 bits per heavy atom. The summed E-state index contributed by atoms with van der Waals surface area (Å²) in [6.07, 6.45) is 5.12. The zero-order chi connectivity index (χ0) is 29.0. The second kappa shape index (κ2) is 12.4. The Bertz CT molecular complexity index is 1540. The van der Waals surface area contributed by atoms with Crippen LogP contribution < -0.4 is 5.32 Å². The molecule has 0 bridgehead atoms. The molecule has 3 amide bonds. The Morgan fingerprint density at radius 2 is 1.61 bits per heavy atom. The van der Waals surface area contributed by atoms with E-state index in [-0.39, 0.29) is 35.4 Å². The predicted octanol–water partition coefficient (Wildman–Crippen LogP) is 4.57. The first-order chi connectivity index (χ1) is 19.7. The third-order valence-corrected chi connectivity index (χ3v) is 9.68. The van der Waals surface area contributed by atoms with Crippen molar-refractivity contribution in [3.8, 4) is 0 Å². The molecule has 1 unspecified atom stereocenters. The highest BCUT2D eigenvalue weighted by Crippen LogP contribution is 2.30. The molecule has 1 fully saturated rings. The SMILES string of the molecule is O=C(NC1CCCCC1)C(Cc1ccccc1)N(Cc1cccc(Cl)c1)C(=O)CN1C(=O)c2ccccc2S1(=O)=O. The van der Waals surface area contributed by atoms with E-state index in [9.17, 15) is 22.8 Å². The summed E-state index contributed by atoms with van der Waals surface area (Å²) in [6, 6.07) is 21.3. The Labute approximate surface area is 245 Å². The van der Waals surface area contributed by atoms with Gasteiger partial charge in [0.2, 0.25) is 11.8 Å². The second-order valence-electron chi connectivity index (χ2n) is 10.5. The molecule has 3 aromatic rings. The first-order valence-electron chi connectivity index (χ1n) is 13.8. The third kappa shape index (κ3) is 6.47. The van der Waals surface area contributed by atoms with Crippen LogP contribution in [-0.4, -0.2) is 54.0 Å². The highest BCUT2D eigenvalue weighted by molar-refractivity contribution is 7.90. The van der Waals surface area contributed by atoms with Gasteiger partial charge in [-0.2, -0.15) is 0 Å². The highest BCUT2D eigenvalue weighted by Gasteiger charge is 2.43. The van der Waals surface area contributed by atoms with Crippen molar-refractivity contribution in [3.63, 3.8) is 0 Å². The van der Waals surface area contributed by atoms with Crippen LogP contribution in [0.2, 0.25) is 5.02 Å². The van der Waals surface area contributed by atoms with Crippen molar-refractivity contribution in [3.05, 3.63) is 101 Å². The number of rotatable bonds is 9. The number of hydrogen-bond acceptors (Lipinski definition) is 5. The average Bonchev–Trinajstić information content (AvgIpc) is 3.16. The van der Waals surface area contributed by atoms with E-state index in [1.165, 1.54) is 23.1 Å². The van der Waals surface area contributed by atoms with E-state index in [1.807, 2.05) is 30.3 Å². The molecule has 0 saturated heterocycles. The zero-order valence-electron chi connectivity index (χ0n) is 22.5. The van der Waals surface area contributed by atoms with Gasteiger partial charge in [0.25, 0.3) is 15.9 Å². The summed E-state index contributed by atoms with van der Waals surface area (Å²) in [6.45, 7) is -0.720. The Balaban J connectivity index is 1.49. The number of nitrogens with one attached hydrogen (secondary N) is 1. The summed E-state index contributed by atoms with van der Waals surface area (Å²) >= 11 is 6.24. The largest absolute Gasteiger partial charge is 0.352 e. The zero-order valence-corrected chi connectivity index (χ0v) is 24.1. The van der Waals surface area contributed by atoms with Crippen molar-refractivity contribution in [2.75, 3.05) is 6.54 Å². The first kappa shape index (κ1) is 28.8. The smallest absolute Gasteiger partial charge is 0.269 e. The predicted molar refractivity (Wildman–Crippen MR) is 156 cm³/mol. The van der Waals surface area contributed by atoms with Crippen molar-refractivity contribution in [1.82, 2.24) is 14.5 Å². The maximum Gasteiger partial charge on any atom is 0.269 e. The molecule has 5 rings (SSSR count). The van der Waals surface area contributed by atoms with Gasteiger partial charge in [0.15, 0.2) is 0 Å². The number of benzene rings is 3. The van der Waals surface area contributed by atoms with Crippen LogP contribution in [0.5, 0.6) is 0 Å². The van der Waals surface area contributed by atoms with Crippen LogP contribution in [0, 0.1) is 0 Å². The van der Waals surface area contributed by atoms with Crippen molar-refractivity contribution < 1.29 is 22.8 Å². The van der Waals surface area contributed by atoms with Crippen molar-refractivity contribution in [2.24, 2.45) is 0 Å². The number of carbonyl (C=O) groups excluding carboxylic acids is 3. The molecular weight excluding hydrogens is 562 g/mol. The number of amides is 3. The lowest BCUT2D eigenvalue weighted by atomic mass is 9.94. The van der Waals surface area contributed by atoms with Crippen LogP contribution in [0.15, 0.2) is 83.8 Å². The van der Waals surface area contributed by atoms with E-state index in [0.717, 1.165) is 37.7 Å². The summed E-state index contributed by atoms with van der Waals surface area (Å²) in [7, 11) is -4.22. The lowest BCUT2D eigenvalue weighted by molar-refractivity contribution is -0.141. The van der Waals surface area contributed by atoms with Crippen LogP contribution in [0.3, 0.4) is 0 Å². The Morgan fingerprint density at radius 3 is 2.32 bits per heavy atom. The van der Waals surface area contributed by atoms with Gasteiger partial charge in [-0.1, -0.05) is 85.5 Å². The third-order valence-electron chi connectivity index (χ3n) is 7.66. The number of sulfonamides is 1. The van der Waals surface area contributed by atoms with Gasteiger partial charge in [-0.05, 0) is 48.2 Å². The minimum atomic E-state index is -4.22. The maximum atomic E-state index is 14.1. The van der Waals surface area contributed by atoms with Crippen LogP contribution >= 0.6 is 11.6 Å². The van der Waals surface area contributed by atoms with Gasteiger partial charge in [-0.15, -0.1) is 0 Å². The number of carbonyl (C=O) groups is 3. The van der Waals surface area contributed by atoms with Gasteiger partial charge < -0.3 is 10.2 Å². The van der Waals surface area contributed by atoms with Crippen LogP contribution in [0.25, 0.3) is 0 Å². The standard InChI is InChI=1S/C31H32ClN3O5S/c32-24-13-9-12-23(18-24)20-34(29(36)21-35-31(38)26-16-7-8-17-28(26)41(35,39)40)27(19-22-10-3-1-4-11-22)30(37)33-25-14-5-2-6-15-25/h1,3-4,7-13,16-18,25,27H,2,5-6,14-15,19-21H2,(H,33,37). The molecule has 1 heterocycles. The maximum absolute atomic E-state index is 14.1. The molecule has 41 heavy (non-hydrogen) atoms. The van der Waals surface area contributed by atoms with E-state index in [4.69, 9.17) is 11.6 Å². The molecule has 10 heteroatoms. The number of hydrogen-bond donors (Lipinski definition) is 1. The fourth-order valence-corrected chi connectivity index (χ4v) is 7.26. The molecule has 1 atom stereocenters. The lowest BCUT2D eigenvalue weighted by Crippen LogP contribution is -2.55. The first-order valence-corrected chi connectivity index (χ1v) is 15.6. The van der Waals surface area contributed by atoms with Gasteiger partial charge >= 0.3 is 0 Å². The normalized spacial score (nSPS) is 17.1. The summed E-state index contributed by atoms with van der Waals surface area (Å²) in [4.78, 5) is 42.3. The van der Waals surface area contributed by atoms with E-state index in [2.05, 4.69) is 5.32 Å². The van der Waals surface area contributed by atoms with Crippen LogP contribution in [-0.2, 0) is 32.6 Å². The second-order valence-corrected chi connectivity index (χ2v) is 12.8. The molecule has 0 aromatic heterocycles. The van der Waals surface area contributed by atoms with Gasteiger partial charge in [-0.25, -0.2) is 12.7 Å². The molecule has 2 aliphatic rings. The van der Waals surface area contributed by atoms with Crippen molar-refractivity contribution in [2.45, 2.75) is 62.0 Å². The molecule has 3 aromatic carbocycles. The van der Waals surface area contributed by atoms with E-state index in [1.54, 1.807) is 30.3 Å². The lowest BCUT2D eigenvalue weighted by Gasteiger charge is -2.34. The quantitative estimate of drug-likeness (QED) is 0.391. The monoisotopic (exact) mass is 593 g/mol. The van der Waals surface area contributed by atoms with E-state index < -0.39 is 34.4 Å². The van der Waals surface area contributed by atoms with Gasteiger partial charge in [0, 0.05) is 24.0 Å². The molecule has 214 valence electrons. The minimum Gasteiger partial charge on any atom is -0.352 e. The molecule has 0 radical (unpaired) electrons. The number of fused-ring (bicyclic) bond motifs is 1. The van der Waals surface area contributed by atoms with Gasteiger partial charge in [0.1, 0.15) is 17.5 Å². The molecule has 1 aliphatic carbocycles. The molecule has 8 nitrogen and oxygen atoms in total. The Hall–Kier alpha value is -3.69. The van der Waals surface area contributed by atoms with Gasteiger partial charge in [0.05, 0.1) is 5.56 Å². The minimum absolute atomic E-state index is 0.00397. The summed E-state index contributed by atoms with van der Waals surface area (Å²) in [5.41, 5.74) is 1.54. The summed E-state index contributed by atoms with van der Waals surface area (Å²) < 4.78 is 27.1. The average molecular weight is 594 g/mol. The number of nitrogens with zero attached hydrogens (tertiary/aromatic N) is 2. The summed E-state index contributed by atoms with van der Waals surface area (Å²) in [5, 5.41) is 3.61. The molecular formula is C31H32ClN3O5S. The highest BCUT2D eigenvalue weighted by atomic mass is 35.5. The number of halogens is 1. The fourth-order valence-electron chi connectivity index (χ4n) is 5.53. The fraction of sp³-hybridized carbons (Fsp3) is 0.323. The molecule has 0 spiro atoms. The van der Waals surface area contributed by atoms with E-state index >= 15 is 0 Å². The molecule has 1 N–H and O–H groups in total. The van der Waals surface area contributed by atoms with Crippen LogP contribution in [0.4, 0.5) is 0 Å². The summed E-state index contributed by atoms with van der Waals surface area (Å²) in [5.74, 6) is -1.73. The Kier molecular flexibility index (Phi) is 8.75. The van der Waals surface area contributed by atoms with Crippen LogP contribution in [0.1, 0.15) is 53.6 Å². The van der Waals surface area contributed by atoms with Gasteiger partial charge in [-0.3, -0.25) is 14.4 Å². The van der Waals surface area contributed by atoms with Crippen molar-refractivity contribution in [1.29, 1.82) is 0 Å². The molecule has 1 saturated carbocycles. The van der Waals surface area contributed by atoms with Crippen molar-refractivity contribution >= 4 is 39.3 Å². The molecule has 1 aliphatic heterocycles. The van der Waals surface area contributed by atoms with E-state index in [0.29, 0.717) is 14.9 Å². The topological polar surface area (TPSA) is 104 Å².